The molecule has 3 rings (SSSR count). The van der Waals surface area contributed by atoms with Gasteiger partial charge in [-0.05, 0) is 43.1 Å². The number of aliphatic hydroxyl groups excluding tert-OH is 1. The van der Waals surface area contributed by atoms with Crippen molar-refractivity contribution >= 4 is 22.0 Å². The molecule has 1 saturated carbocycles. The van der Waals surface area contributed by atoms with Gasteiger partial charge in [-0.1, -0.05) is 102 Å². The van der Waals surface area contributed by atoms with Crippen LogP contribution in [0.1, 0.15) is 90.7 Å². The van der Waals surface area contributed by atoms with E-state index in [4.69, 9.17) is 0 Å². The lowest BCUT2D eigenvalue weighted by Gasteiger charge is -2.39. The summed E-state index contributed by atoms with van der Waals surface area (Å²) in [5, 5.41) is 11.1. The Morgan fingerprint density at radius 2 is 1.83 bits per heavy atom. The Morgan fingerprint density at radius 1 is 1.17 bits per heavy atom. The predicted octanol–water partition coefficient (Wildman–Crippen LogP) is 5.96. The molecule has 5 nitrogen and oxygen atoms in total. The second-order valence-electron chi connectivity index (χ2n) is 11.8. The van der Waals surface area contributed by atoms with Crippen LogP contribution >= 0.6 is 0 Å². The normalized spacial score (nSPS) is 28.8. The van der Waals surface area contributed by atoms with Gasteiger partial charge in [0.15, 0.2) is 0 Å². The molecule has 0 bridgehead atoms. The number of aliphatic hydroxyl groups is 1. The molecule has 1 heterocycles. The third-order valence-electron chi connectivity index (χ3n) is 9.21. The SMILES string of the molecule is CCCCCC[C@@H](O)[C@@H](C/C=C/c1ccc(C)cc1)C(=O)N1[C@H]2C[C@H](C)C(C)(C)[C@@]2(C)CS1(=O)=O. The van der Waals surface area contributed by atoms with Crippen molar-refractivity contribution in [2.75, 3.05) is 5.75 Å². The lowest BCUT2D eigenvalue weighted by Crippen LogP contribution is -2.47. The highest BCUT2D eigenvalue weighted by atomic mass is 32.2. The number of carbonyl (C=O) groups excluding carboxylic acids is 1. The molecule has 1 aromatic rings. The van der Waals surface area contributed by atoms with Gasteiger partial charge in [-0.15, -0.1) is 0 Å². The number of sulfonamides is 1. The van der Waals surface area contributed by atoms with Crippen LogP contribution in [0.3, 0.4) is 0 Å². The summed E-state index contributed by atoms with van der Waals surface area (Å²) >= 11 is 0. The number of hydrogen-bond acceptors (Lipinski definition) is 4. The third-order valence-corrected chi connectivity index (χ3v) is 11.2. The second-order valence-corrected chi connectivity index (χ2v) is 13.6. The standard InChI is InChI=1S/C29H45NO4S/c1-7-8-9-10-14-25(31)24(13-11-12-23-17-15-21(2)16-18-23)27(32)30-26-19-22(3)28(4,5)29(26,6)20-35(30,33)34/h11-12,15-18,22,24-26,31H,7-10,13-14,19-20H2,1-6H3/b12-11+/t22-,24+,25+,26-,29-/m0/s1. The molecule has 1 aliphatic heterocycles. The molecule has 0 spiro atoms. The number of aryl methyl sites for hydroxylation is 1. The summed E-state index contributed by atoms with van der Waals surface area (Å²) in [6, 6.07) is 7.75. The van der Waals surface area contributed by atoms with Crippen molar-refractivity contribution in [3.05, 3.63) is 41.5 Å². The molecule has 5 atom stereocenters. The molecule has 196 valence electrons. The first-order valence-corrected chi connectivity index (χ1v) is 14.9. The molecule has 0 unspecified atom stereocenters. The van der Waals surface area contributed by atoms with Crippen molar-refractivity contribution in [1.29, 1.82) is 0 Å². The number of hydrogen-bond donors (Lipinski definition) is 1. The van der Waals surface area contributed by atoms with Crippen LogP contribution in [-0.4, -0.2) is 41.6 Å². The zero-order chi connectivity index (χ0) is 26.0. The molecular weight excluding hydrogens is 458 g/mol. The van der Waals surface area contributed by atoms with Crippen LogP contribution in [0, 0.1) is 29.6 Å². The molecule has 0 radical (unpaired) electrons. The highest BCUT2D eigenvalue weighted by molar-refractivity contribution is 7.90. The first kappa shape index (κ1) is 27.9. The van der Waals surface area contributed by atoms with E-state index in [1.54, 1.807) is 0 Å². The van der Waals surface area contributed by atoms with Crippen molar-refractivity contribution in [2.45, 2.75) is 98.6 Å². The smallest absolute Gasteiger partial charge is 0.242 e. The fourth-order valence-electron chi connectivity index (χ4n) is 6.05. The summed E-state index contributed by atoms with van der Waals surface area (Å²) in [6.07, 6.45) is 8.51. The first-order chi connectivity index (χ1) is 16.3. The molecule has 2 fully saturated rings. The summed E-state index contributed by atoms with van der Waals surface area (Å²) in [5.74, 6) is -0.900. The zero-order valence-electron chi connectivity index (χ0n) is 22.5. The van der Waals surface area contributed by atoms with Crippen LogP contribution < -0.4 is 0 Å². The number of nitrogens with zero attached hydrogens (tertiary/aromatic N) is 1. The zero-order valence-corrected chi connectivity index (χ0v) is 23.3. The van der Waals surface area contributed by atoms with Crippen molar-refractivity contribution in [3.63, 3.8) is 0 Å². The van der Waals surface area contributed by atoms with Crippen LogP contribution in [0.4, 0.5) is 0 Å². The summed E-state index contributed by atoms with van der Waals surface area (Å²) in [6.45, 7) is 12.6. The molecule has 1 saturated heterocycles. The number of benzene rings is 1. The molecule has 0 aromatic heterocycles. The molecule has 1 aromatic carbocycles. The average Bonchev–Trinajstić information content (AvgIpc) is 3.09. The lowest BCUT2D eigenvalue weighted by atomic mass is 9.66. The fourth-order valence-corrected chi connectivity index (χ4v) is 8.62. The van der Waals surface area contributed by atoms with Gasteiger partial charge in [0.05, 0.1) is 23.8 Å². The minimum absolute atomic E-state index is 0.00767. The van der Waals surface area contributed by atoms with Crippen LogP contribution in [0.25, 0.3) is 6.08 Å². The number of fused-ring (bicyclic) bond motifs is 1. The summed E-state index contributed by atoms with van der Waals surface area (Å²) in [4.78, 5) is 13.9. The van der Waals surface area contributed by atoms with E-state index >= 15 is 0 Å². The monoisotopic (exact) mass is 503 g/mol. The van der Waals surface area contributed by atoms with Crippen molar-refractivity contribution in [2.24, 2.45) is 22.7 Å². The quantitative estimate of drug-likeness (QED) is 0.400. The topological polar surface area (TPSA) is 74.7 Å². The van der Waals surface area contributed by atoms with Crippen LogP contribution in [0.2, 0.25) is 0 Å². The maximum atomic E-state index is 13.9. The number of carbonyl (C=O) groups is 1. The molecule has 1 aliphatic carbocycles. The van der Waals surface area contributed by atoms with E-state index in [9.17, 15) is 18.3 Å². The van der Waals surface area contributed by atoms with Crippen LogP contribution in [-0.2, 0) is 14.8 Å². The predicted molar refractivity (Wildman–Crippen MR) is 143 cm³/mol. The van der Waals surface area contributed by atoms with Crippen LogP contribution in [0.15, 0.2) is 30.3 Å². The number of rotatable bonds is 10. The van der Waals surface area contributed by atoms with Gasteiger partial charge in [0.25, 0.3) is 0 Å². The summed E-state index contributed by atoms with van der Waals surface area (Å²) in [7, 11) is -3.74. The number of allylic oxidation sites excluding steroid dienone is 1. The Morgan fingerprint density at radius 3 is 2.46 bits per heavy atom. The molecule has 1 N–H and O–H groups in total. The molecular formula is C29H45NO4S. The third kappa shape index (κ3) is 5.53. The van der Waals surface area contributed by atoms with Gasteiger partial charge in [-0.2, -0.15) is 0 Å². The molecule has 35 heavy (non-hydrogen) atoms. The Balaban J connectivity index is 1.86. The van der Waals surface area contributed by atoms with Gasteiger partial charge in [0.1, 0.15) is 0 Å². The van der Waals surface area contributed by atoms with E-state index in [1.807, 2.05) is 50.3 Å². The van der Waals surface area contributed by atoms with E-state index in [0.29, 0.717) is 25.2 Å². The molecule has 2 aliphatic rings. The van der Waals surface area contributed by atoms with Gasteiger partial charge in [0, 0.05) is 5.41 Å². The van der Waals surface area contributed by atoms with Gasteiger partial charge < -0.3 is 5.11 Å². The Bertz CT molecular complexity index is 1010. The van der Waals surface area contributed by atoms with E-state index < -0.39 is 33.4 Å². The lowest BCUT2D eigenvalue weighted by molar-refractivity contribution is -0.136. The summed E-state index contributed by atoms with van der Waals surface area (Å²) < 4.78 is 27.9. The van der Waals surface area contributed by atoms with Crippen LogP contribution in [0.5, 0.6) is 0 Å². The minimum Gasteiger partial charge on any atom is -0.392 e. The highest BCUT2D eigenvalue weighted by Crippen LogP contribution is 2.61. The van der Waals surface area contributed by atoms with E-state index in [0.717, 1.165) is 31.2 Å². The second kappa shape index (κ2) is 10.8. The van der Waals surface area contributed by atoms with E-state index in [1.165, 1.54) is 9.87 Å². The average molecular weight is 504 g/mol. The van der Waals surface area contributed by atoms with Crippen molar-refractivity contribution in [3.8, 4) is 0 Å². The van der Waals surface area contributed by atoms with E-state index in [-0.39, 0.29) is 17.2 Å². The summed E-state index contributed by atoms with van der Waals surface area (Å²) in [5.41, 5.74) is 1.51. The maximum absolute atomic E-state index is 13.9. The fraction of sp³-hybridized carbons (Fsp3) is 0.690. The van der Waals surface area contributed by atoms with Gasteiger partial charge in [0.2, 0.25) is 15.9 Å². The van der Waals surface area contributed by atoms with Gasteiger partial charge in [-0.3, -0.25) is 4.79 Å². The highest BCUT2D eigenvalue weighted by Gasteiger charge is 2.66. The van der Waals surface area contributed by atoms with Gasteiger partial charge in [-0.25, -0.2) is 12.7 Å². The van der Waals surface area contributed by atoms with E-state index in [2.05, 4.69) is 27.7 Å². The van der Waals surface area contributed by atoms with Gasteiger partial charge >= 0.3 is 0 Å². The number of unbranched alkanes of at least 4 members (excludes halogenated alkanes) is 3. The van der Waals surface area contributed by atoms with Crippen molar-refractivity contribution < 1.29 is 18.3 Å². The molecule has 1 amide bonds. The minimum atomic E-state index is -3.74. The Labute approximate surface area is 213 Å². The molecule has 6 heteroatoms. The number of amides is 1. The maximum Gasteiger partial charge on any atom is 0.242 e. The van der Waals surface area contributed by atoms with Crippen molar-refractivity contribution in [1.82, 2.24) is 4.31 Å². The Hall–Kier alpha value is -1.66. The first-order valence-electron chi connectivity index (χ1n) is 13.3. The largest absolute Gasteiger partial charge is 0.392 e. The Kier molecular flexibility index (Phi) is 8.58.